The molecule has 0 aliphatic heterocycles. The van der Waals surface area contributed by atoms with E-state index in [1.165, 1.54) is 27.8 Å². The van der Waals surface area contributed by atoms with Gasteiger partial charge < -0.3 is 29.8 Å². The molecule has 0 fully saturated rings. The summed E-state index contributed by atoms with van der Waals surface area (Å²) in [4.78, 5) is 2.74. The van der Waals surface area contributed by atoms with E-state index in [2.05, 4.69) is 45.8 Å². The Morgan fingerprint density at radius 2 is 1.44 bits per heavy atom. The van der Waals surface area contributed by atoms with Gasteiger partial charge in [-0.2, -0.15) is 46.1 Å². The van der Waals surface area contributed by atoms with E-state index in [1.807, 2.05) is 18.3 Å². The van der Waals surface area contributed by atoms with Gasteiger partial charge >= 0.3 is 21.7 Å². The van der Waals surface area contributed by atoms with Crippen LogP contribution in [0.4, 0.5) is 0 Å². The van der Waals surface area contributed by atoms with Crippen molar-refractivity contribution < 1.29 is 46.5 Å². The molecule has 0 bridgehead atoms. The molecule has 1 N–H and O–H groups in total. The second kappa shape index (κ2) is 10.8. The Kier molecular flexibility index (Phi) is 13.8. The Morgan fingerprint density at radius 3 is 1.56 bits per heavy atom. The van der Waals surface area contributed by atoms with E-state index in [4.69, 9.17) is 0 Å². The van der Waals surface area contributed by atoms with Crippen LogP contribution in [0.25, 0.3) is 0 Å². The molecule has 0 radical (unpaired) electrons. The SMILES string of the molecule is Cc1c(C)c(C)[c-](C)c1C.[Cl-].[Cl-].[Ti+4].[c-]1ccc[nH]1. The predicted molar refractivity (Wildman–Crippen MR) is 65.3 cm³/mol. The molecule has 1 aromatic carbocycles. The Balaban J connectivity index is -0.000000245. The molecule has 1 nitrogen and oxygen atoms in total. The fourth-order valence-electron chi connectivity index (χ4n) is 1.65. The van der Waals surface area contributed by atoms with E-state index in [0.29, 0.717) is 0 Å². The van der Waals surface area contributed by atoms with E-state index < -0.39 is 0 Å². The van der Waals surface area contributed by atoms with Crippen molar-refractivity contribution in [2.75, 3.05) is 0 Å². The number of aromatic nitrogens is 1. The topological polar surface area (TPSA) is 15.8 Å². The van der Waals surface area contributed by atoms with Gasteiger partial charge in [0.2, 0.25) is 0 Å². The first kappa shape index (κ1) is 23.1. The number of rotatable bonds is 0. The normalized spacial score (nSPS) is 8.06. The minimum Gasteiger partial charge on any atom is -1.00 e. The summed E-state index contributed by atoms with van der Waals surface area (Å²) >= 11 is 0. The summed E-state index contributed by atoms with van der Waals surface area (Å²) < 4.78 is 0. The molecule has 0 spiro atoms. The summed E-state index contributed by atoms with van der Waals surface area (Å²) in [6.07, 6.45) is 4.56. The third-order valence-corrected chi connectivity index (χ3v) is 3.25. The van der Waals surface area contributed by atoms with Crippen molar-refractivity contribution in [2.24, 2.45) is 0 Å². The third kappa shape index (κ3) is 5.71. The largest absolute Gasteiger partial charge is 4.00 e. The summed E-state index contributed by atoms with van der Waals surface area (Å²) in [6, 6.07) is 3.71. The molecule has 4 heteroatoms. The van der Waals surface area contributed by atoms with Gasteiger partial charge in [0.05, 0.1) is 0 Å². The zero-order chi connectivity index (χ0) is 11.4. The van der Waals surface area contributed by atoms with Crippen molar-refractivity contribution in [3.8, 4) is 0 Å². The van der Waals surface area contributed by atoms with Crippen LogP contribution in [0.2, 0.25) is 0 Å². The maximum Gasteiger partial charge on any atom is 4.00 e. The Morgan fingerprint density at radius 1 is 1.00 bits per heavy atom. The summed E-state index contributed by atoms with van der Waals surface area (Å²) in [5.41, 5.74) is 7.34. The molecule has 18 heavy (non-hydrogen) atoms. The first-order chi connectivity index (χ1) is 7.05. The average molecular weight is 320 g/mol. The van der Waals surface area contributed by atoms with Crippen LogP contribution < -0.4 is 24.8 Å². The molecule has 0 aliphatic carbocycles. The van der Waals surface area contributed by atoms with Crippen molar-refractivity contribution in [1.29, 1.82) is 0 Å². The van der Waals surface area contributed by atoms with E-state index in [9.17, 15) is 0 Å². The smallest absolute Gasteiger partial charge is 1.00 e. The molecule has 1 heterocycles. The standard InChI is InChI=1S/C10H15.C4H4N.2ClH.Ti/c1-6-7(2)9(4)10(5)8(6)3;1-2-4-5-3-1;;;/h1-5H3;1-3,5H;2*1H;/q2*-1;;;+4/p-2. The summed E-state index contributed by atoms with van der Waals surface area (Å²) in [7, 11) is 0. The van der Waals surface area contributed by atoms with Gasteiger partial charge in [-0.15, -0.1) is 6.20 Å². The Hall–Kier alpha value is -0.0757. The van der Waals surface area contributed by atoms with Crippen molar-refractivity contribution in [1.82, 2.24) is 4.98 Å². The van der Waals surface area contributed by atoms with Crippen LogP contribution in [0, 0.1) is 40.8 Å². The fraction of sp³-hybridized carbons (Fsp3) is 0.357. The van der Waals surface area contributed by atoms with Gasteiger partial charge in [-0.3, -0.25) is 0 Å². The van der Waals surface area contributed by atoms with Crippen LogP contribution in [-0.4, -0.2) is 4.98 Å². The van der Waals surface area contributed by atoms with E-state index in [0.717, 1.165) is 0 Å². The second-order valence-corrected chi connectivity index (χ2v) is 3.94. The number of nitrogens with one attached hydrogen (secondary N) is 1. The number of halogens is 2. The summed E-state index contributed by atoms with van der Waals surface area (Å²) in [5.74, 6) is 0. The molecule has 98 valence electrons. The maximum atomic E-state index is 2.74. The zero-order valence-electron chi connectivity index (χ0n) is 11.5. The quantitative estimate of drug-likeness (QED) is 0.418. The van der Waals surface area contributed by atoms with Crippen LogP contribution in [0.5, 0.6) is 0 Å². The Labute approximate surface area is 138 Å². The molecule has 2 aromatic rings. The van der Waals surface area contributed by atoms with Gasteiger partial charge in [0.15, 0.2) is 0 Å². The Bertz CT molecular complexity index is 322. The van der Waals surface area contributed by atoms with E-state index >= 15 is 0 Å². The minimum atomic E-state index is 0. The molecule has 0 aliphatic rings. The minimum absolute atomic E-state index is 0. The van der Waals surface area contributed by atoms with Crippen LogP contribution in [0.3, 0.4) is 0 Å². The second-order valence-electron chi connectivity index (χ2n) is 3.94. The van der Waals surface area contributed by atoms with E-state index in [1.54, 1.807) is 0 Å². The van der Waals surface area contributed by atoms with E-state index in [-0.39, 0.29) is 46.5 Å². The fourth-order valence-corrected chi connectivity index (χ4v) is 1.65. The molecule has 0 saturated carbocycles. The molecule has 0 atom stereocenters. The number of aromatic amines is 1. The molecular formula is C14H19Cl2NTi. The molecular weight excluding hydrogens is 301 g/mol. The van der Waals surface area contributed by atoms with Crippen LogP contribution in [-0.2, 0) is 21.7 Å². The molecule has 0 amide bonds. The van der Waals surface area contributed by atoms with Crippen molar-refractivity contribution in [3.05, 3.63) is 52.3 Å². The third-order valence-electron chi connectivity index (χ3n) is 3.25. The van der Waals surface area contributed by atoms with Gasteiger partial charge in [0.1, 0.15) is 0 Å². The first-order valence-corrected chi connectivity index (χ1v) is 5.24. The van der Waals surface area contributed by atoms with Gasteiger partial charge in [-0.25, -0.2) is 0 Å². The van der Waals surface area contributed by atoms with Crippen molar-refractivity contribution >= 4 is 0 Å². The van der Waals surface area contributed by atoms with Gasteiger partial charge in [0.25, 0.3) is 0 Å². The number of hydrogen-bond donors (Lipinski definition) is 1. The van der Waals surface area contributed by atoms with Crippen LogP contribution in [0.1, 0.15) is 27.8 Å². The molecule has 0 unspecified atom stereocenters. The molecule has 1 aromatic heterocycles. The first-order valence-electron chi connectivity index (χ1n) is 5.24. The number of H-pyrrole nitrogens is 1. The average Bonchev–Trinajstić information content (AvgIpc) is 2.86. The van der Waals surface area contributed by atoms with Gasteiger partial charge in [0, 0.05) is 0 Å². The van der Waals surface area contributed by atoms with Gasteiger partial charge in [-0.1, -0.05) is 34.6 Å². The zero-order valence-corrected chi connectivity index (χ0v) is 14.6. The van der Waals surface area contributed by atoms with Crippen molar-refractivity contribution in [3.63, 3.8) is 0 Å². The van der Waals surface area contributed by atoms with Crippen molar-refractivity contribution in [2.45, 2.75) is 34.6 Å². The maximum absolute atomic E-state index is 2.74. The number of hydrogen-bond acceptors (Lipinski definition) is 0. The summed E-state index contributed by atoms with van der Waals surface area (Å²) in [6.45, 7) is 11.0. The summed E-state index contributed by atoms with van der Waals surface area (Å²) in [5, 5.41) is 0. The molecule has 0 saturated heterocycles. The van der Waals surface area contributed by atoms with Crippen LogP contribution >= 0.6 is 0 Å². The van der Waals surface area contributed by atoms with Gasteiger partial charge in [-0.05, 0) is 0 Å². The van der Waals surface area contributed by atoms with Crippen LogP contribution in [0.15, 0.2) is 18.3 Å². The monoisotopic (exact) mass is 319 g/mol. The molecule has 2 rings (SSSR count). The predicted octanol–water partition coefficient (Wildman–Crippen LogP) is -2.23.